The Morgan fingerprint density at radius 1 is 0.442 bits per heavy atom. The number of aromatic nitrogens is 4. The second-order valence-electron chi connectivity index (χ2n) is 14.4. The van der Waals surface area contributed by atoms with Crippen molar-refractivity contribution < 1.29 is 0 Å². The van der Waals surface area contributed by atoms with Crippen molar-refractivity contribution in [1.82, 2.24) is 18.7 Å². The van der Waals surface area contributed by atoms with Gasteiger partial charge in [0.25, 0.3) is 0 Å². The van der Waals surface area contributed by atoms with Crippen LogP contribution in [0, 0.1) is 0 Å². The second-order valence-corrected chi connectivity index (χ2v) is 14.4. The number of para-hydroxylation sites is 3. The molecule has 3 aromatic heterocycles. The van der Waals surface area contributed by atoms with Gasteiger partial charge in [0.05, 0.1) is 16.6 Å². The van der Waals surface area contributed by atoms with E-state index in [-0.39, 0.29) is 5.41 Å². The molecule has 0 N–H and O–H groups in total. The van der Waals surface area contributed by atoms with Crippen molar-refractivity contribution in [3.63, 3.8) is 0 Å². The normalized spacial score (nSPS) is 13.3. The number of nitrogens with zero attached hydrogens (tertiary/aromatic N) is 4. The maximum absolute atomic E-state index is 5.52. The number of rotatable bonds is 4. The minimum atomic E-state index is -0.0942. The van der Waals surface area contributed by atoms with Gasteiger partial charge in [-0.1, -0.05) is 129 Å². The molecule has 52 heavy (non-hydrogen) atoms. The lowest BCUT2D eigenvalue weighted by Crippen LogP contribution is -2.15. The van der Waals surface area contributed by atoms with E-state index in [0.717, 1.165) is 39.4 Å². The van der Waals surface area contributed by atoms with Gasteiger partial charge in [-0.25, -0.2) is 4.98 Å². The maximum atomic E-state index is 5.52. The molecule has 11 rings (SSSR count). The lowest BCUT2D eigenvalue weighted by Gasteiger charge is -2.22. The fourth-order valence-corrected chi connectivity index (χ4v) is 8.94. The molecule has 0 radical (unpaired) electrons. The quantitative estimate of drug-likeness (QED) is 0.184. The molecule has 3 heterocycles. The topological polar surface area (TPSA) is 27.7 Å². The molecular weight excluding hydrogens is 633 g/mol. The van der Waals surface area contributed by atoms with Crippen molar-refractivity contribution in [2.24, 2.45) is 0 Å². The van der Waals surface area contributed by atoms with E-state index in [1.54, 1.807) is 0 Å². The largest absolute Gasteiger partial charge is 0.309 e. The van der Waals surface area contributed by atoms with Crippen LogP contribution in [0.2, 0.25) is 0 Å². The summed E-state index contributed by atoms with van der Waals surface area (Å²) in [6.07, 6.45) is 0. The molecule has 0 atom stereocenters. The maximum Gasteiger partial charge on any atom is 0.165 e. The van der Waals surface area contributed by atoms with Gasteiger partial charge in [0.15, 0.2) is 5.65 Å². The summed E-state index contributed by atoms with van der Waals surface area (Å²) in [6, 6.07) is 61.3. The molecule has 0 bridgehead atoms. The summed E-state index contributed by atoms with van der Waals surface area (Å²) >= 11 is 0. The van der Waals surface area contributed by atoms with E-state index in [0.29, 0.717) is 0 Å². The van der Waals surface area contributed by atoms with Crippen LogP contribution in [-0.2, 0) is 5.41 Å². The lowest BCUT2D eigenvalue weighted by atomic mass is 9.82. The number of benzene rings is 7. The Morgan fingerprint density at radius 2 is 1.04 bits per heavy atom. The number of fused-ring (bicyclic) bond motifs is 10. The van der Waals surface area contributed by atoms with Crippen LogP contribution in [-0.4, -0.2) is 18.7 Å². The van der Waals surface area contributed by atoms with Crippen LogP contribution < -0.4 is 0 Å². The highest BCUT2D eigenvalue weighted by Crippen LogP contribution is 2.50. The molecule has 7 aromatic carbocycles. The third-order valence-corrected chi connectivity index (χ3v) is 11.3. The molecule has 1 aliphatic carbocycles. The van der Waals surface area contributed by atoms with E-state index >= 15 is 0 Å². The standard InChI is InChI=1S/C48H34N4/c1-48(2)38-24-14-12-22-35(38)36-27-26-34(30-39(36)48)50-40-25-15-13-23-37(40)43-41(50)28-29-42-44(43)45-47(51(42)32-18-8-4-9-19-32)49-46(31-16-6-3-7-17-31)52(45)33-20-10-5-11-21-33/h3-30H,1-2H3. The first-order valence-electron chi connectivity index (χ1n) is 18.0. The first-order valence-corrected chi connectivity index (χ1v) is 18.0. The Bertz CT molecular complexity index is 3020. The summed E-state index contributed by atoms with van der Waals surface area (Å²) in [5.74, 6) is 0.921. The summed E-state index contributed by atoms with van der Waals surface area (Å²) in [5.41, 5.74) is 15.3. The van der Waals surface area contributed by atoms with Crippen molar-refractivity contribution in [3.8, 4) is 39.6 Å². The molecule has 0 saturated carbocycles. The molecular formula is C48H34N4. The van der Waals surface area contributed by atoms with Gasteiger partial charge in [0, 0.05) is 44.2 Å². The van der Waals surface area contributed by atoms with Crippen LogP contribution >= 0.6 is 0 Å². The third kappa shape index (κ3) is 3.89. The smallest absolute Gasteiger partial charge is 0.165 e. The fraction of sp³-hybridized carbons (Fsp3) is 0.0625. The van der Waals surface area contributed by atoms with E-state index in [2.05, 4.69) is 197 Å². The van der Waals surface area contributed by atoms with Gasteiger partial charge in [-0.2, -0.15) is 0 Å². The third-order valence-electron chi connectivity index (χ3n) is 11.3. The predicted octanol–water partition coefficient (Wildman–Crippen LogP) is 12.0. The fourth-order valence-electron chi connectivity index (χ4n) is 8.94. The van der Waals surface area contributed by atoms with Gasteiger partial charge in [0.1, 0.15) is 11.3 Å². The van der Waals surface area contributed by atoms with E-state index in [4.69, 9.17) is 4.98 Å². The molecule has 0 saturated heterocycles. The summed E-state index contributed by atoms with van der Waals surface area (Å²) in [6.45, 7) is 4.71. The predicted molar refractivity (Wildman–Crippen MR) is 215 cm³/mol. The Kier molecular flexibility index (Phi) is 5.98. The summed E-state index contributed by atoms with van der Waals surface area (Å²) < 4.78 is 7.18. The van der Waals surface area contributed by atoms with Gasteiger partial charge in [0.2, 0.25) is 0 Å². The van der Waals surface area contributed by atoms with Gasteiger partial charge >= 0.3 is 0 Å². The average Bonchev–Trinajstić information content (AvgIpc) is 3.90. The van der Waals surface area contributed by atoms with E-state index in [9.17, 15) is 0 Å². The summed E-state index contributed by atoms with van der Waals surface area (Å²) in [4.78, 5) is 5.52. The Balaban J connectivity index is 1.30. The number of hydrogen-bond acceptors (Lipinski definition) is 1. The molecule has 0 fully saturated rings. The first kappa shape index (κ1) is 29.1. The van der Waals surface area contributed by atoms with Gasteiger partial charge < -0.3 is 4.57 Å². The van der Waals surface area contributed by atoms with Crippen molar-refractivity contribution in [3.05, 3.63) is 181 Å². The second kappa shape index (κ2) is 10.7. The van der Waals surface area contributed by atoms with Crippen LogP contribution in [0.15, 0.2) is 170 Å². The molecule has 4 nitrogen and oxygen atoms in total. The minimum absolute atomic E-state index is 0.0942. The van der Waals surface area contributed by atoms with Crippen molar-refractivity contribution >= 4 is 43.9 Å². The Labute approximate surface area is 301 Å². The van der Waals surface area contributed by atoms with Gasteiger partial charge in [-0.15, -0.1) is 0 Å². The first-order chi connectivity index (χ1) is 25.6. The van der Waals surface area contributed by atoms with Crippen LogP contribution in [0.5, 0.6) is 0 Å². The average molecular weight is 667 g/mol. The van der Waals surface area contributed by atoms with Gasteiger partial charge in [-0.3, -0.25) is 9.13 Å². The summed E-state index contributed by atoms with van der Waals surface area (Å²) in [5, 5.41) is 3.64. The highest BCUT2D eigenvalue weighted by molar-refractivity contribution is 6.28. The lowest BCUT2D eigenvalue weighted by molar-refractivity contribution is 0.660. The molecule has 1 aliphatic rings. The summed E-state index contributed by atoms with van der Waals surface area (Å²) in [7, 11) is 0. The van der Waals surface area contributed by atoms with E-state index < -0.39 is 0 Å². The Hall–Kier alpha value is -6.65. The molecule has 246 valence electrons. The van der Waals surface area contributed by atoms with Crippen LogP contribution in [0.1, 0.15) is 25.0 Å². The van der Waals surface area contributed by atoms with Crippen LogP contribution in [0.4, 0.5) is 0 Å². The Morgan fingerprint density at radius 3 is 1.79 bits per heavy atom. The highest BCUT2D eigenvalue weighted by atomic mass is 15.2. The zero-order valence-corrected chi connectivity index (χ0v) is 29.0. The van der Waals surface area contributed by atoms with Crippen molar-refractivity contribution in [1.29, 1.82) is 0 Å². The molecule has 0 aliphatic heterocycles. The molecule has 4 heteroatoms. The molecule has 10 aromatic rings. The van der Waals surface area contributed by atoms with E-state index in [1.807, 2.05) is 0 Å². The van der Waals surface area contributed by atoms with E-state index in [1.165, 1.54) is 55.1 Å². The van der Waals surface area contributed by atoms with Crippen molar-refractivity contribution in [2.75, 3.05) is 0 Å². The number of hydrogen-bond donors (Lipinski definition) is 0. The minimum Gasteiger partial charge on any atom is -0.309 e. The molecule has 0 spiro atoms. The highest BCUT2D eigenvalue weighted by Gasteiger charge is 2.35. The zero-order valence-electron chi connectivity index (χ0n) is 29.0. The zero-order chi connectivity index (χ0) is 34.6. The molecule has 0 amide bonds. The number of imidazole rings is 1. The molecule has 0 unspecified atom stereocenters. The van der Waals surface area contributed by atoms with Crippen molar-refractivity contribution in [2.45, 2.75) is 19.3 Å². The van der Waals surface area contributed by atoms with Crippen LogP contribution in [0.25, 0.3) is 83.4 Å². The van der Waals surface area contributed by atoms with Crippen LogP contribution in [0.3, 0.4) is 0 Å². The monoisotopic (exact) mass is 666 g/mol. The SMILES string of the molecule is CC1(C)c2ccccc2-c2ccc(-n3c4ccccc4c4c5c6c(nc(-c7ccccc7)n6-c6ccccc6)n(-c6ccccc6)c5ccc43)cc21. The van der Waals surface area contributed by atoms with Gasteiger partial charge in [-0.05, 0) is 76.9 Å².